The van der Waals surface area contributed by atoms with E-state index in [0.717, 1.165) is 19.4 Å². The second kappa shape index (κ2) is 5.25. The van der Waals surface area contributed by atoms with Crippen molar-refractivity contribution in [1.29, 1.82) is 0 Å². The summed E-state index contributed by atoms with van der Waals surface area (Å²) < 4.78 is 0. The first kappa shape index (κ1) is 14.8. The Balaban J connectivity index is 1.64. The molecule has 1 aliphatic rings. The van der Waals surface area contributed by atoms with Crippen LogP contribution in [-0.4, -0.2) is 12.5 Å². The van der Waals surface area contributed by atoms with Gasteiger partial charge in [-0.1, -0.05) is 19.9 Å². The topological polar surface area (TPSA) is 29.1 Å². The third-order valence-electron chi connectivity index (χ3n) is 4.52. The van der Waals surface area contributed by atoms with E-state index in [1.165, 1.54) is 14.6 Å². The van der Waals surface area contributed by atoms with Crippen LogP contribution in [0.25, 0.3) is 0 Å². The minimum Gasteiger partial charge on any atom is -0.355 e. The van der Waals surface area contributed by atoms with Gasteiger partial charge in [0.1, 0.15) is 0 Å². The van der Waals surface area contributed by atoms with Crippen LogP contribution in [0.2, 0.25) is 0 Å². The summed E-state index contributed by atoms with van der Waals surface area (Å²) in [6.07, 6.45) is 1.87. The number of nitrogens with one attached hydrogen (secondary N) is 1. The van der Waals surface area contributed by atoms with Gasteiger partial charge >= 0.3 is 0 Å². The van der Waals surface area contributed by atoms with Crippen LogP contribution >= 0.6 is 22.7 Å². The van der Waals surface area contributed by atoms with Crippen molar-refractivity contribution in [3.63, 3.8) is 0 Å². The number of rotatable bonds is 5. The van der Waals surface area contributed by atoms with Gasteiger partial charge in [0.2, 0.25) is 5.91 Å². The van der Waals surface area contributed by atoms with E-state index in [-0.39, 0.29) is 16.7 Å². The third kappa shape index (κ3) is 2.55. The van der Waals surface area contributed by atoms with Crippen LogP contribution in [0.5, 0.6) is 0 Å². The molecular weight excluding hydrogens is 298 g/mol. The molecule has 4 heteroatoms. The molecular formula is C17H21NOS2. The van der Waals surface area contributed by atoms with Crippen molar-refractivity contribution in [2.24, 2.45) is 5.41 Å². The van der Waals surface area contributed by atoms with Gasteiger partial charge in [-0.05, 0) is 48.8 Å². The Morgan fingerprint density at radius 1 is 1.33 bits per heavy atom. The van der Waals surface area contributed by atoms with Gasteiger partial charge in [-0.15, -0.1) is 22.7 Å². The van der Waals surface area contributed by atoms with Gasteiger partial charge in [-0.25, -0.2) is 0 Å². The van der Waals surface area contributed by atoms with E-state index in [9.17, 15) is 4.79 Å². The number of hydrogen-bond acceptors (Lipinski definition) is 3. The standard InChI is InChI=1S/C17H21NOS2/c1-12-6-7-13(21-12)8-9-18-15(19)17(11-16(17,2)3)14-5-4-10-20-14/h4-7,10H,8-9,11H2,1-3H3,(H,18,19)/t17-/m1/s1. The molecule has 1 fully saturated rings. The summed E-state index contributed by atoms with van der Waals surface area (Å²) in [4.78, 5) is 16.6. The number of thiophene rings is 2. The Hall–Kier alpha value is -1.13. The molecule has 1 amide bonds. The van der Waals surface area contributed by atoms with Crippen molar-refractivity contribution in [1.82, 2.24) is 5.32 Å². The highest BCUT2D eigenvalue weighted by atomic mass is 32.1. The summed E-state index contributed by atoms with van der Waals surface area (Å²) in [7, 11) is 0. The second-order valence-electron chi connectivity index (χ2n) is 6.46. The Morgan fingerprint density at radius 3 is 2.62 bits per heavy atom. The monoisotopic (exact) mass is 319 g/mol. The van der Waals surface area contributed by atoms with E-state index in [4.69, 9.17) is 0 Å². The minimum atomic E-state index is -0.299. The Labute approximate surface area is 134 Å². The maximum absolute atomic E-state index is 12.7. The van der Waals surface area contributed by atoms with Gasteiger partial charge in [-0.3, -0.25) is 4.79 Å². The molecule has 1 aliphatic carbocycles. The van der Waals surface area contributed by atoms with Crippen LogP contribution in [0.15, 0.2) is 29.6 Å². The second-order valence-corrected chi connectivity index (χ2v) is 8.78. The lowest BCUT2D eigenvalue weighted by Crippen LogP contribution is -2.38. The molecule has 0 aromatic carbocycles. The summed E-state index contributed by atoms with van der Waals surface area (Å²) in [5, 5.41) is 5.22. The molecule has 0 spiro atoms. The van der Waals surface area contributed by atoms with Gasteiger partial charge < -0.3 is 5.32 Å². The van der Waals surface area contributed by atoms with E-state index in [2.05, 4.69) is 49.7 Å². The Kier molecular flexibility index (Phi) is 3.70. The van der Waals surface area contributed by atoms with Crippen molar-refractivity contribution in [3.05, 3.63) is 44.3 Å². The number of aryl methyl sites for hydroxylation is 1. The molecule has 0 bridgehead atoms. The molecule has 1 N–H and O–H groups in total. The minimum absolute atomic E-state index is 0.0709. The quantitative estimate of drug-likeness (QED) is 0.881. The van der Waals surface area contributed by atoms with Crippen LogP contribution in [0.4, 0.5) is 0 Å². The molecule has 1 atom stereocenters. The van der Waals surface area contributed by atoms with Gasteiger partial charge in [-0.2, -0.15) is 0 Å². The normalized spacial score (nSPS) is 23.0. The van der Waals surface area contributed by atoms with Gasteiger partial charge in [0.15, 0.2) is 0 Å². The number of amides is 1. The van der Waals surface area contributed by atoms with Crippen LogP contribution < -0.4 is 5.32 Å². The highest BCUT2D eigenvalue weighted by Gasteiger charge is 2.67. The zero-order chi connectivity index (χ0) is 15.1. The fourth-order valence-corrected chi connectivity index (χ4v) is 5.12. The zero-order valence-electron chi connectivity index (χ0n) is 12.7. The first-order valence-electron chi connectivity index (χ1n) is 7.33. The molecule has 2 nitrogen and oxygen atoms in total. The maximum atomic E-state index is 12.7. The number of carbonyl (C=O) groups is 1. The fourth-order valence-electron chi connectivity index (χ4n) is 3.13. The number of carbonyl (C=O) groups excluding carboxylic acids is 1. The molecule has 0 unspecified atom stereocenters. The molecule has 2 aromatic heterocycles. The van der Waals surface area contributed by atoms with E-state index >= 15 is 0 Å². The van der Waals surface area contributed by atoms with Gasteiger partial charge in [0.25, 0.3) is 0 Å². The summed E-state index contributed by atoms with van der Waals surface area (Å²) in [6, 6.07) is 8.43. The molecule has 2 heterocycles. The first-order valence-corrected chi connectivity index (χ1v) is 9.03. The molecule has 3 rings (SSSR count). The van der Waals surface area contributed by atoms with Gasteiger partial charge in [0, 0.05) is 21.2 Å². The Bertz CT molecular complexity index is 642. The Morgan fingerprint density at radius 2 is 2.10 bits per heavy atom. The predicted octanol–water partition coefficient (Wildman–Crippen LogP) is 4.14. The highest BCUT2D eigenvalue weighted by molar-refractivity contribution is 7.11. The van der Waals surface area contributed by atoms with E-state index in [1.54, 1.807) is 11.3 Å². The fraction of sp³-hybridized carbons (Fsp3) is 0.471. The molecule has 1 saturated carbocycles. The molecule has 2 aromatic rings. The average molecular weight is 319 g/mol. The lowest BCUT2D eigenvalue weighted by molar-refractivity contribution is -0.124. The van der Waals surface area contributed by atoms with Crippen molar-refractivity contribution in [2.45, 2.75) is 39.0 Å². The first-order chi connectivity index (χ1) is 9.96. The smallest absolute Gasteiger partial charge is 0.232 e. The van der Waals surface area contributed by atoms with Crippen molar-refractivity contribution < 1.29 is 4.79 Å². The summed E-state index contributed by atoms with van der Waals surface area (Å²) in [6.45, 7) is 7.22. The maximum Gasteiger partial charge on any atom is 0.232 e. The van der Waals surface area contributed by atoms with Gasteiger partial charge in [0.05, 0.1) is 5.41 Å². The van der Waals surface area contributed by atoms with Crippen molar-refractivity contribution >= 4 is 28.6 Å². The average Bonchev–Trinajstić information content (AvgIpc) is 2.87. The zero-order valence-corrected chi connectivity index (χ0v) is 14.4. The van der Waals surface area contributed by atoms with Crippen LogP contribution in [0.1, 0.15) is 34.9 Å². The van der Waals surface area contributed by atoms with E-state index < -0.39 is 0 Å². The van der Waals surface area contributed by atoms with E-state index in [0.29, 0.717) is 0 Å². The molecule has 21 heavy (non-hydrogen) atoms. The molecule has 0 radical (unpaired) electrons. The lowest BCUT2D eigenvalue weighted by atomic mass is 9.93. The lowest BCUT2D eigenvalue weighted by Gasteiger charge is -2.18. The van der Waals surface area contributed by atoms with E-state index in [1.807, 2.05) is 17.4 Å². The van der Waals surface area contributed by atoms with Crippen molar-refractivity contribution in [3.8, 4) is 0 Å². The SMILES string of the molecule is Cc1ccc(CCNC(=O)[C@]2(c3cccs3)CC2(C)C)s1. The van der Waals surface area contributed by atoms with Crippen LogP contribution in [0.3, 0.4) is 0 Å². The summed E-state index contributed by atoms with van der Waals surface area (Å²) in [5.41, 5.74) is -0.228. The summed E-state index contributed by atoms with van der Waals surface area (Å²) >= 11 is 3.51. The number of hydrogen-bond donors (Lipinski definition) is 1. The molecule has 0 saturated heterocycles. The highest BCUT2D eigenvalue weighted by Crippen LogP contribution is 2.65. The predicted molar refractivity (Wildman–Crippen MR) is 90.2 cm³/mol. The molecule has 112 valence electrons. The largest absolute Gasteiger partial charge is 0.355 e. The van der Waals surface area contributed by atoms with Crippen LogP contribution in [0, 0.1) is 12.3 Å². The van der Waals surface area contributed by atoms with Crippen LogP contribution in [-0.2, 0) is 16.6 Å². The summed E-state index contributed by atoms with van der Waals surface area (Å²) in [5.74, 6) is 0.197. The van der Waals surface area contributed by atoms with Crippen molar-refractivity contribution in [2.75, 3.05) is 6.54 Å². The molecule has 0 aliphatic heterocycles. The third-order valence-corrected chi connectivity index (χ3v) is 6.61.